The van der Waals surface area contributed by atoms with Crippen LogP contribution in [-0.2, 0) is 16.6 Å². The SMILES string of the molecule is Cn1ccnc1-c1cc2nccc(Oc3ccc(N(C(=O)CC(N)=O)c4ccncc4)cc3F)c2s1. The van der Waals surface area contributed by atoms with Crippen molar-refractivity contribution in [2.75, 3.05) is 4.90 Å². The van der Waals surface area contributed by atoms with Crippen LogP contribution >= 0.6 is 11.3 Å². The number of carbonyl (C=O) groups is 2. The average molecular weight is 503 g/mol. The molecule has 0 fully saturated rings. The predicted molar refractivity (Wildman–Crippen MR) is 133 cm³/mol. The summed E-state index contributed by atoms with van der Waals surface area (Å²) in [4.78, 5) is 38.9. The molecule has 0 atom stereocenters. The molecule has 0 radical (unpaired) electrons. The van der Waals surface area contributed by atoms with Gasteiger partial charge in [-0.15, -0.1) is 11.3 Å². The Balaban J connectivity index is 1.48. The Morgan fingerprint density at radius 2 is 1.83 bits per heavy atom. The number of fused-ring (bicyclic) bond motifs is 1. The molecule has 1 aromatic carbocycles. The molecule has 0 unspecified atom stereocenters. The molecule has 2 amide bonds. The largest absolute Gasteiger partial charge is 0.453 e. The van der Waals surface area contributed by atoms with Gasteiger partial charge in [0.05, 0.1) is 26.5 Å². The molecule has 0 aliphatic heterocycles. The van der Waals surface area contributed by atoms with Crippen molar-refractivity contribution in [1.82, 2.24) is 19.5 Å². The average Bonchev–Trinajstić information content (AvgIpc) is 3.47. The van der Waals surface area contributed by atoms with Gasteiger partial charge < -0.3 is 15.0 Å². The summed E-state index contributed by atoms with van der Waals surface area (Å²) in [6, 6.07) is 10.8. The second kappa shape index (κ2) is 9.55. The maximum atomic E-state index is 15.2. The zero-order valence-corrected chi connectivity index (χ0v) is 19.8. The number of hydrogen-bond acceptors (Lipinski definition) is 7. The van der Waals surface area contributed by atoms with Gasteiger partial charge in [-0.05, 0) is 30.3 Å². The van der Waals surface area contributed by atoms with E-state index in [1.807, 2.05) is 23.9 Å². The first-order chi connectivity index (χ1) is 17.4. The van der Waals surface area contributed by atoms with Crippen LogP contribution in [0.15, 0.2) is 73.4 Å². The number of primary amides is 1. The highest BCUT2D eigenvalue weighted by atomic mass is 32.1. The van der Waals surface area contributed by atoms with Crippen molar-refractivity contribution >= 4 is 44.7 Å². The van der Waals surface area contributed by atoms with E-state index < -0.39 is 24.1 Å². The van der Waals surface area contributed by atoms with E-state index in [0.29, 0.717) is 17.0 Å². The summed E-state index contributed by atoms with van der Waals surface area (Å²) in [6.07, 6.45) is 7.60. The van der Waals surface area contributed by atoms with E-state index in [1.165, 1.54) is 46.8 Å². The molecular formula is C25H19FN6O3S. The molecule has 0 saturated heterocycles. The smallest absolute Gasteiger partial charge is 0.240 e. The quantitative estimate of drug-likeness (QED) is 0.326. The van der Waals surface area contributed by atoms with E-state index in [9.17, 15) is 9.59 Å². The monoisotopic (exact) mass is 502 g/mol. The number of rotatable bonds is 7. The standard InChI is InChI=1S/C25H19FN6O3S/c1-31-11-10-30-25(31)21-13-18-24(36-21)20(6-9-29-18)35-19-3-2-16(12-17(19)26)32(23(34)14-22(27)33)15-4-7-28-8-5-15/h2-13H,14H2,1H3,(H2,27,33). The van der Waals surface area contributed by atoms with Crippen LogP contribution < -0.4 is 15.4 Å². The van der Waals surface area contributed by atoms with Crippen molar-refractivity contribution in [2.45, 2.75) is 6.42 Å². The van der Waals surface area contributed by atoms with Crippen LogP contribution in [-0.4, -0.2) is 31.3 Å². The lowest BCUT2D eigenvalue weighted by Crippen LogP contribution is -2.30. The molecule has 5 rings (SSSR count). The summed E-state index contributed by atoms with van der Waals surface area (Å²) in [6.45, 7) is 0. The summed E-state index contributed by atoms with van der Waals surface area (Å²) in [5.41, 5.74) is 6.54. The summed E-state index contributed by atoms with van der Waals surface area (Å²) in [7, 11) is 1.90. The van der Waals surface area contributed by atoms with E-state index in [0.717, 1.165) is 15.4 Å². The van der Waals surface area contributed by atoms with Crippen molar-refractivity contribution in [3.63, 3.8) is 0 Å². The third kappa shape index (κ3) is 4.51. The number of ether oxygens (including phenoxy) is 1. The minimum absolute atomic E-state index is 0.0322. The Hall–Kier alpha value is -4.64. The summed E-state index contributed by atoms with van der Waals surface area (Å²) < 4.78 is 23.8. The second-order valence-corrected chi connectivity index (χ2v) is 8.84. The number of carbonyl (C=O) groups excluding carboxylic acids is 2. The summed E-state index contributed by atoms with van der Waals surface area (Å²) in [5, 5.41) is 0. The van der Waals surface area contributed by atoms with E-state index >= 15 is 4.39 Å². The molecule has 11 heteroatoms. The van der Waals surface area contributed by atoms with Crippen molar-refractivity contribution in [2.24, 2.45) is 12.8 Å². The number of nitrogens with two attached hydrogens (primary N) is 1. The minimum atomic E-state index is -0.790. The fraction of sp³-hybridized carbons (Fsp3) is 0.0800. The molecule has 0 aliphatic rings. The van der Waals surface area contributed by atoms with Crippen LogP contribution in [0.4, 0.5) is 15.8 Å². The number of thiophene rings is 1. The van der Waals surface area contributed by atoms with Gasteiger partial charge in [-0.2, -0.15) is 0 Å². The highest BCUT2D eigenvalue weighted by Gasteiger charge is 2.22. The third-order valence-corrected chi connectivity index (χ3v) is 6.44. The van der Waals surface area contributed by atoms with Gasteiger partial charge in [0.25, 0.3) is 0 Å². The number of halogens is 1. The first kappa shape index (κ1) is 23.1. The number of benzene rings is 1. The number of aryl methyl sites for hydroxylation is 1. The van der Waals surface area contributed by atoms with Gasteiger partial charge in [-0.1, -0.05) is 0 Å². The Morgan fingerprint density at radius 1 is 1.03 bits per heavy atom. The van der Waals surface area contributed by atoms with Crippen molar-refractivity contribution in [1.29, 1.82) is 0 Å². The van der Waals surface area contributed by atoms with Gasteiger partial charge in [0.1, 0.15) is 18.0 Å². The predicted octanol–water partition coefficient (Wildman–Crippen LogP) is 4.56. The van der Waals surface area contributed by atoms with Gasteiger partial charge in [0.2, 0.25) is 11.8 Å². The minimum Gasteiger partial charge on any atom is -0.453 e. The molecule has 180 valence electrons. The molecule has 0 saturated carbocycles. The molecule has 5 aromatic rings. The van der Waals surface area contributed by atoms with E-state index in [-0.39, 0.29) is 11.4 Å². The van der Waals surface area contributed by atoms with Gasteiger partial charge in [0, 0.05) is 50.2 Å². The maximum absolute atomic E-state index is 15.2. The molecule has 36 heavy (non-hydrogen) atoms. The molecule has 4 aromatic heterocycles. The molecule has 0 bridgehead atoms. The van der Waals surface area contributed by atoms with Crippen molar-refractivity contribution < 1.29 is 18.7 Å². The molecule has 4 heterocycles. The van der Waals surface area contributed by atoms with Gasteiger partial charge in [0.15, 0.2) is 11.6 Å². The van der Waals surface area contributed by atoms with Crippen LogP contribution in [0.1, 0.15) is 6.42 Å². The molecule has 2 N–H and O–H groups in total. The number of anilines is 2. The first-order valence-electron chi connectivity index (χ1n) is 10.8. The van der Waals surface area contributed by atoms with Crippen LogP contribution in [0.5, 0.6) is 11.5 Å². The number of aromatic nitrogens is 4. The molecule has 9 nitrogen and oxygen atoms in total. The van der Waals surface area contributed by atoms with E-state index in [1.54, 1.807) is 30.6 Å². The normalized spacial score (nSPS) is 10.9. The number of imidazole rings is 1. The zero-order chi connectivity index (χ0) is 25.2. The van der Waals surface area contributed by atoms with Crippen molar-refractivity contribution in [3.05, 3.63) is 79.3 Å². The second-order valence-electron chi connectivity index (χ2n) is 7.79. The maximum Gasteiger partial charge on any atom is 0.240 e. The summed E-state index contributed by atoms with van der Waals surface area (Å²) in [5.74, 6) is -0.885. The Labute approximate surface area is 208 Å². The fourth-order valence-corrected chi connectivity index (χ4v) is 4.80. The molecule has 0 spiro atoms. The lowest BCUT2D eigenvalue weighted by Gasteiger charge is -2.23. The lowest BCUT2D eigenvalue weighted by molar-refractivity contribution is -0.125. The topological polar surface area (TPSA) is 116 Å². The van der Waals surface area contributed by atoms with Gasteiger partial charge >= 0.3 is 0 Å². The van der Waals surface area contributed by atoms with Gasteiger partial charge in [-0.25, -0.2) is 9.37 Å². The number of amides is 2. The van der Waals surface area contributed by atoms with Gasteiger partial charge in [-0.3, -0.25) is 24.5 Å². The van der Waals surface area contributed by atoms with E-state index in [4.69, 9.17) is 10.5 Å². The summed E-state index contributed by atoms with van der Waals surface area (Å²) >= 11 is 1.44. The van der Waals surface area contributed by atoms with Crippen LogP contribution in [0, 0.1) is 5.82 Å². The van der Waals surface area contributed by atoms with Crippen molar-refractivity contribution in [3.8, 4) is 22.2 Å². The van der Waals surface area contributed by atoms with Crippen LogP contribution in [0.25, 0.3) is 20.9 Å². The lowest BCUT2D eigenvalue weighted by atomic mass is 10.2. The number of nitrogens with zero attached hydrogens (tertiary/aromatic N) is 5. The van der Waals surface area contributed by atoms with E-state index in [2.05, 4.69) is 15.0 Å². The fourth-order valence-electron chi connectivity index (χ4n) is 3.70. The number of pyridine rings is 2. The van der Waals surface area contributed by atoms with Crippen LogP contribution in [0.2, 0.25) is 0 Å². The Kier molecular flexibility index (Phi) is 6.13. The highest BCUT2D eigenvalue weighted by molar-refractivity contribution is 7.22. The Bertz CT molecular complexity index is 1580. The third-order valence-electron chi connectivity index (χ3n) is 5.31. The Morgan fingerprint density at radius 3 is 2.53 bits per heavy atom. The van der Waals surface area contributed by atoms with Crippen LogP contribution in [0.3, 0.4) is 0 Å². The zero-order valence-electron chi connectivity index (χ0n) is 19.0. The molecule has 0 aliphatic carbocycles. The highest BCUT2D eigenvalue weighted by Crippen LogP contribution is 2.39. The number of hydrogen-bond donors (Lipinski definition) is 1. The molecular weight excluding hydrogens is 483 g/mol. The first-order valence-corrected chi connectivity index (χ1v) is 11.6.